The lowest BCUT2D eigenvalue weighted by atomic mass is 10.1. The molecule has 0 aliphatic carbocycles. The van der Waals surface area contributed by atoms with E-state index in [0.29, 0.717) is 6.04 Å². The van der Waals surface area contributed by atoms with Crippen LogP contribution in [0.15, 0.2) is 18.3 Å². The van der Waals surface area contributed by atoms with Crippen molar-refractivity contribution < 1.29 is 0 Å². The van der Waals surface area contributed by atoms with Crippen LogP contribution >= 0.6 is 12.2 Å². The molecule has 2 nitrogen and oxygen atoms in total. The Morgan fingerprint density at radius 2 is 2.38 bits per heavy atom. The topological polar surface area (TPSA) is 19.0 Å². The molecule has 1 aliphatic rings. The lowest BCUT2D eigenvalue weighted by molar-refractivity contribution is 0.317. The van der Waals surface area contributed by atoms with E-state index >= 15 is 0 Å². The minimum Gasteiger partial charge on any atom is -0.353 e. The Kier molecular flexibility index (Phi) is 2.47. The minimum atomic E-state index is 0.590. The van der Waals surface area contributed by atoms with Gasteiger partial charge in [-0.05, 0) is 38.1 Å². The summed E-state index contributed by atoms with van der Waals surface area (Å²) in [6.45, 7) is 1.21. The quantitative estimate of drug-likeness (QED) is 0.693. The summed E-state index contributed by atoms with van der Waals surface area (Å²) in [6.07, 6.45) is 4.60. The van der Waals surface area contributed by atoms with E-state index in [2.05, 4.69) is 23.0 Å². The normalized spacial score (nSPS) is 23.6. The van der Waals surface area contributed by atoms with Gasteiger partial charge in [-0.1, -0.05) is 18.3 Å². The Morgan fingerprint density at radius 3 is 2.92 bits per heavy atom. The molecule has 1 fully saturated rings. The first-order valence-electron chi connectivity index (χ1n) is 4.66. The molecule has 13 heavy (non-hydrogen) atoms. The molecule has 0 aromatic carbocycles. The van der Waals surface area contributed by atoms with E-state index in [1.165, 1.54) is 24.9 Å². The molecule has 1 saturated heterocycles. The predicted octanol–water partition coefficient (Wildman–Crippen LogP) is 2.51. The van der Waals surface area contributed by atoms with Crippen molar-refractivity contribution in [3.63, 3.8) is 0 Å². The number of likely N-dealkylation sites (tertiary alicyclic amines) is 1. The maximum atomic E-state index is 5.01. The average Bonchev–Trinajstić information content (AvgIpc) is 2.53. The van der Waals surface area contributed by atoms with Crippen LogP contribution in [0, 0.1) is 4.64 Å². The van der Waals surface area contributed by atoms with Crippen LogP contribution in [0.1, 0.15) is 24.4 Å². The molecule has 0 amide bonds. The number of aromatic nitrogens is 1. The Labute approximate surface area is 83.6 Å². The summed E-state index contributed by atoms with van der Waals surface area (Å²) in [5, 5.41) is 0. The Morgan fingerprint density at radius 1 is 1.54 bits per heavy atom. The zero-order valence-corrected chi connectivity index (χ0v) is 8.60. The summed E-state index contributed by atoms with van der Waals surface area (Å²) in [5.74, 6) is 0. The molecule has 70 valence electrons. The van der Waals surface area contributed by atoms with Gasteiger partial charge in [-0.15, -0.1) is 0 Å². The van der Waals surface area contributed by atoms with Gasteiger partial charge < -0.3 is 4.98 Å². The number of hydrogen-bond donors (Lipinski definition) is 1. The molecular formula is C10H14N2S. The van der Waals surface area contributed by atoms with Crippen molar-refractivity contribution in [2.45, 2.75) is 18.9 Å². The molecule has 1 aliphatic heterocycles. The SMILES string of the molecule is CN1CCC[C@@H]1c1ccc(=S)[nH]c1. The first kappa shape index (κ1) is 8.91. The lowest BCUT2D eigenvalue weighted by Crippen LogP contribution is -2.17. The molecule has 1 atom stereocenters. The molecule has 1 N–H and O–H groups in total. The largest absolute Gasteiger partial charge is 0.353 e. The highest BCUT2D eigenvalue weighted by Gasteiger charge is 2.21. The van der Waals surface area contributed by atoms with Crippen molar-refractivity contribution >= 4 is 12.2 Å². The van der Waals surface area contributed by atoms with Crippen molar-refractivity contribution in [3.05, 3.63) is 28.5 Å². The van der Waals surface area contributed by atoms with Gasteiger partial charge in [-0.3, -0.25) is 4.90 Å². The van der Waals surface area contributed by atoms with Gasteiger partial charge in [0.25, 0.3) is 0 Å². The summed E-state index contributed by atoms with van der Waals surface area (Å²) in [5.41, 5.74) is 1.36. The van der Waals surface area contributed by atoms with Crippen LogP contribution in [0.4, 0.5) is 0 Å². The molecule has 0 radical (unpaired) electrons. The maximum Gasteiger partial charge on any atom is 0.103 e. The summed E-state index contributed by atoms with van der Waals surface area (Å²) in [7, 11) is 2.18. The fourth-order valence-corrected chi connectivity index (χ4v) is 2.09. The summed E-state index contributed by atoms with van der Waals surface area (Å²) < 4.78 is 0.810. The smallest absolute Gasteiger partial charge is 0.103 e. The standard InChI is InChI=1S/C10H14N2S/c1-12-6-2-3-9(12)8-4-5-10(13)11-7-8/h4-5,7,9H,2-3,6H2,1H3,(H,11,13)/t9-/m1/s1. The second-order valence-corrected chi connectivity index (χ2v) is 4.06. The Bertz CT molecular complexity index is 325. The number of nitrogens with zero attached hydrogens (tertiary/aromatic N) is 1. The monoisotopic (exact) mass is 194 g/mol. The maximum absolute atomic E-state index is 5.01. The molecule has 0 saturated carbocycles. The van der Waals surface area contributed by atoms with Crippen LogP contribution in [0.2, 0.25) is 0 Å². The number of aromatic amines is 1. The van der Waals surface area contributed by atoms with Crippen molar-refractivity contribution in [3.8, 4) is 0 Å². The van der Waals surface area contributed by atoms with E-state index < -0.39 is 0 Å². The van der Waals surface area contributed by atoms with Gasteiger partial charge in [0.1, 0.15) is 4.64 Å². The molecule has 1 aromatic heterocycles. The van der Waals surface area contributed by atoms with E-state index in [1.807, 2.05) is 12.3 Å². The number of pyridine rings is 1. The third-order valence-electron chi connectivity index (χ3n) is 2.71. The van der Waals surface area contributed by atoms with Crippen LogP contribution in [-0.4, -0.2) is 23.5 Å². The first-order valence-corrected chi connectivity index (χ1v) is 5.07. The van der Waals surface area contributed by atoms with E-state index in [0.717, 1.165) is 4.64 Å². The van der Waals surface area contributed by atoms with Crippen LogP contribution in [0.3, 0.4) is 0 Å². The van der Waals surface area contributed by atoms with Gasteiger partial charge in [0.15, 0.2) is 0 Å². The van der Waals surface area contributed by atoms with Gasteiger partial charge in [0.05, 0.1) is 0 Å². The van der Waals surface area contributed by atoms with Crippen LogP contribution < -0.4 is 0 Å². The third-order valence-corrected chi connectivity index (χ3v) is 2.97. The van der Waals surface area contributed by atoms with E-state index in [9.17, 15) is 0 Å². The van der Waals surface area contributed by atoms with Crippen molar-refractivity contribution in [2.75, 3.05) is 13.6 Å². The second kappa shape index (κ2) is 3.60. The summed E-state index contributed by atoms with van der Waals surface area (Å²) in [6, 6.07) is 4.69. The zero-order chi connectivity index (χ0) is 9.26. The van der Waals surface area contributed by atoms with Crippen molar-refractivity contribution in [2.24, 2.45) is 0 Å². The zero-order valence-electron chi connectivity index (χ0n) is 7.79. The molecule has 2 rings (SSSR count). The van der Waals surface area contributed by atoms with Gasteiger partial charge >= 0.3 is 0 Å². The molecule has 0 spiro atoms. The summed E-state index contributed by atoms with van der Waals surface area (Å²) >= 11 is 5.01. The number of H-pyrrole nitrogens is 1. The molecule has 0 unspecified atom stereocenters. The molecule has 3 heteroatoms. The molecule has 0 bridgehead atoms. The molecule has 1 aromatic rings. The van der Waals surface area contributed by atoms with E-state index in [4.69, 9.17) is 12.2 Å². The fourth-order valence-electron chi connectivity index (χ4n) is 1.96. The first-order chi connectivity index (χ1) is 6.27. The van der Waals surface area contributed by atoms with E-state index in [1.54, 1.807) is 0 Å². The van der Waals surface area contributed by atoms with Crippen LogP contribution in [-0.2, 0) is 0 Å². The van der Waals surface area contributed by atoms with Crippen molar-refractivity contribution in [1.29, 1.82) is 0 Å². The van der Waals surface area contributed by atoms with Crippen molar-refractivity contribution in [1.82, 2.24) is 9.88 Å². The fraction of sp³-hybridized carbons (Fsp3) is 0.500. The highest BCUT2D eigenvalue weighted by molar-refractivity contribution is 7.71. The van der Waals surface area contributed by atoms with Gasteiger partial charge in [-0.25, -0.2) is 0 Å². The lowest BCUT2D eigenvalue weighted by Gasteiger charge is -2.19. The average molecular weight is 194 g/mol. The number of rotatable bonds is 1. The van der Waals surface area contributed by atoms with Gasteiger partial charge in [-0.2, -0.15) is 0 Å². The highest BCUT2D eigenvalue weighted by Crippen LogP contribution is 2.29. The highest BCUT2D eigenvalue weighted by atomic mass is 32.1. The Hall–Kier alpha value is -0.670. The molecule has 2 heterocycles. The number of hydrogen-bond acceptors (Lipinski definition) is 2. The predicted molar refractivity (Wildman–Crippen MR) is 56.2 cm³/mol. The minimum absolute atomic E-state index is 0.590. The van der Waals surface area contributed by atoms with E-state index in [-0.39, 0.29) is 0 Å². The van der Waals surface area contributed by atoms with Crippen LogP contribution in [0.5, 0.6) is 0 Å². The van der Waals surface area contributed by atoms with Gasteiger partial charge in [0, 0.05) is 12.2 Å². The second-order valence-electron chi connectivity index (χ2n) is 3.62. The Balaban J connectivity index is 2.25. The van der Waals surface area contributed by atoms with Gasteiger partial charge in [0.2, 0.25) is 0 Å². The number of nitrogens with one attached hydrogen (secondary N) is 1. The summed E-state index contributed by atoms with van der Waals surface area (Å²) in [4.78, 5) is 5.48. The third kappa shape index (κ3) is 1.81. The van der Waals surface area contributed by atoms with Crippen LogP contribution in [0.25, 0.3) is 0 Å². The molecular weight excluding hydrogens is 180 g/mol.